The molecular formula is C20H25N7O2. The Morgan fingerprint density at radius 3 is 2.59 bits per heavy atom. The number of benzene rings is 1. The Labute approximate surface area is 169 Å². The fourth-order valence-electron chi connectivity index (χ4n) is 2.76. The van der Waals surface area contributed by atoms with Crippen LogP contribution in [0.25, 0.3) is 5.82 Å². The number of carbonyl (C=O) groups excluding carboxylic acids is 1. The maximum atomic E-state index is 12.0. The maximum absolute atomic E-state index is 12.0. The van der Waals surface area contributed by atoms with Crippen LogP contribution in [0.3, 0.4) is 0 Å². The van der Waals surface area contributed by atoms with Gasteiger partial charge >= 0.3 is 6.03 Å². The summed E-state index contributed by atoms with van der Waals surface area (Å²) in [7, 11) is 0. The number of hydrogen-bond donors (Lipinski definition) is 3. The molecule has 0 spiro atoms. The van der Waals surface area contributed by atoms with E-state index in [9.17, 15) is 4.79 Å². The lowest BCUT2D eigenvalue weighted by molar-refractivity contribution is 0.252. The number of nitrogens with zero attached hydrogens (tertiary/aromatic N) is 4. The first-order valence-corrected chi connectivity index (χ1v) is 9.42. The number of aromatic nitrogens is 4. The van der Waals surface area contributed by atoms with E-state index >= 15 is 0 Å². The van der Waals surface area contributed by atoms with Gasteiger partial charge in [0.1, 0.15) is 17.9 Å². The van der Waals surface area contributed by atoms with Crippen LogP contribution in [0.1, 0.15) is 18.3 Å². The van der Waals surface area contributed by atoms with Crippen molar-refractivity contribution in [3.05, 3.63) is 54.1 Å². The Morgan fingerprint density at radius 1 is 1.10 bits per heavy atom. The average Bonchev–Trinajstić information content (AvgIpc) is 3.05. The summed E-state index contributed by atoms with van der Waals surface area (Å²) in [5, 5.41) is 13.2. The summed E-state index contributed by atoms with van der Waals surface area (Å²) in [5.41, 5.74) is 2.63. The third kappa shape index (κ3) is 5.68. The largest absolute Gasteiger partial charge is 0.494 e. The number of ether oxygens (including phenoxy) is 1. The molecular weight excluding hydrogens is 370 g/mol. The highest BCUT2D eigenvalue weighted by Crippen LogP contribution is 2.15. The van der Waals surface area contributed by atoms with E-state index in [1.807, 2.05) is 45.0 Å². The van der Waals surface area contributed by atoms with Crippen molar-refractivity contribution in [2.24, 2.45) is 0 Å². The molecule has 9 nitrogen and oxygen atoms in total. The third-order valence-corrected chi connectivity index (χ3v) is 4.02. The molecule has 3 aromatic rings. The van der Waals surface area contributed by atoms with Gasteiger partial charge in [-0.05, 0) is 51.1 Å². The van der Waals surface area contributed by atoms with E-state index in [1.54, 1.807) is 16.8 Å². The molecule has 0 saturated carbocycles. The molecule has 3 rings (SSSR count). The fraction of sp³-hybridized carbons (Fsp3) is 0.300. The van der Waals surface area contributed by atoms with Crippen LogP contribution in [0.4, 0.5) is 16.3 Å². The van der Waals surface area contributed by atoms with Gasteiger partial charge in [0, 0.05) is 30.5 Å². The summed E-state index contributed by atoms with van der Waals surface area (Å²) in [6.45, 7) is 7.40. The highest BCUT2D eigenvalue weighted by molar-refractivity contribution is 5.89. The standard InChI is InChI=1S/C20H25N7O2/c1-4-29-17-7-5-16(6-8-17)25-20(28)22-10-9-21-18-12-19(24-13-23-18)27-15(3)11-14(2)26-27/h5-8,11-13H,4,9-10H2,1-3H3,(H,21,23,24)(H2,22,25,28). The first kappa shape index (κ1) is 20.1. The van der Waals surface area contributed by atoms with Crippen molar-refractivity contribution in [3.8, 4) is 11.6 Å². The first-order chi connectivity index (χ1) is 14.0. The molecule has 2 aromatic heterocycles. The molecule has 0 bridgehead atoms. The van der Waals surface area contributed by atoms with Crippen LogP contribution < -0.4 is 20.7 Å². The smallest absolute Gasteiger partial charge is 0.319 e. The number of carbonyl (C=O) groups is 1. The van der Waals surface area contributed by atoms with Gasteiger partial charge in [-0.25, -0.2) is 19.4 Å². The second-order valence-corrected chi connectivity index (χ2v) is 6.37. The summed E-state index contributed by atoms with van der Waals surface area (Å²) in [6, 6.07) is 10.8. The first-order valence-electron chi connectivity index (χ1n) is 9.42. The summed E-state index contributed by atoms with van der Waals surface area (Å²) < 4.78 is 7.15. The van der Waals surface area contributed by atoms with Gasteiger partial charge in [0.25, 0.3) is 0 Å². The van der Waals surface area contributed by atoms with Gasteiger partial charge in [-0.15, -0.1) is 0 Å². The Bertz CT molecular complexity index is 954. The molecule has 2 heterocycles. The highest BCUT2D eigenvalue weighted by atomic mass is 16.5. The van der Waals surface area contributed by atoms with Gasteiger partial charge in [-0.3, -0.25) is 0 Å². The molecule has 0 aliphatic rings. The predicted octanol–water partition coefficient (Wildman–Crippen LogP) is 2.91. The van der Waals surface area contributed by atoms with Gasteiger partial charge < -0.3 is 20.7 Å². The zero-order valence-electron chi connectivity index (χ0n) is 16.8. The maximum Gasteiger partial charge on any atom is 0.319 e. The number of aryl methyl sites for hydroxylation is 2. The number of hydrogen-bond acceptors (Lipinski definition) is 6. The minimum Gasteiger partial charge on any atom is -0.494 e. The van der Waals surface area contributed by atoms with E-state index in [1.165, 1.54) is 6.33 Å². The zero-order valence-corrected chi connectivity index (χ0v) is 16.8. The number of nitrogens with one attached hydrogen (secondary N) is 3. The molecule has 3 N–H and O–H groups in total. The summed E-state index contributed by atoms with van der Waals surface area (Å²) >= 11 is 0. The molecule has 0 aliphatic carbocycles. The van der Waals surface area contributed by atoms with Gasteiger partial charge in [-0.2, -0.15) is 5.10 Å². The lowest BCUT2D eigenvalue weighted by Crippen LogP contribution is -2.32. The van der Waals surface area contributed by atoms with Crippen LogP contribution >= 0.6 is 0 Å². The van der Waals surface area contributed by atoms with Crippen LogP contribution in [0.15, 0.2) is 42.7 Å². The van der Waals surface area contributed by atoms with Crippen LogP contribution in [0, 0.1) is 13.8 Å². The minimum atomic E-state index is -0.276. The van der Waals surface area contributed by atoms with Crippen molar-refractivity contribution >= 4 is 17.5 Å². The fourth-order valence-corrected chi connectivity index (χ4v) is 2.76. The molecule has 29 heavy (non-hydrogen) atoms. The zero-order chi connectivity index (χ0) is 20.6. The molecule has 0 atom stereocenters. The average molecular weight is 395 g/mol. The molecule has 0 unspecified atom stereocenters. The van der Waals surface area contributed by atoms with Crippen molar-refractivity contribution in [1.29, 1.82) is 0 Å². The van der Waals surface area contributed by atoms with E-state index in [2.05, 4.69) is 31.0 Å². The van der Waals surface area contributed by atoms with Crippen molar-refractivity contribution < 1.29 is 9.53 Å². The van der Waals surface area contributed by atoms with E-state index in [0.29, 0.717) is 37.0 Å². The van der Waals surface area contributed by atoms with Crippen LogP contribution in [0.2, 0.25) is 0 Å². The quantitative estimate of drug-likeness (QED) is 0.507. The van der Waals surface area contributed by atoms with Crippen LogP contribution in [0.5, 0.6) is 5.75 Å². The normalized spacial score (nSPS) is 10.4. The third-order valence-electron chi connectivity index (χ3n) is 4.02. The number of urea groups is 1. The predicted molar refractivity (Wildman–Crippen MR) is 112 cm³/mol. The molecule has 1 aromatic carbocycles. The minimum absolute atomic E-state index is 0.276. The molecule has 152 valence electrons. The molecule has 0 fully saturated rings. The Hall–Kier alpha value is -3.62. The van der Waals surface area contributed by atoms with E-state index in [4.69, 9.17) is 4.74 Å². The number of amides is 2. The van der Waals surface area contributed by atoms with Gasteiger partial charge in [0.05, 0.1) is 12.3 Å². The molecule has 0 aliphatic heterocycles. The monoisotopic (exact) mass is 395 g/mol. The van der Waals surface area contributed by atoms with Gasteiger partial charge in [0.15, 0.2) is 5.82 Å². The van der Waals surface area contributed by atoms with Gasteiger partial charge in [-0.1, -0.05) is 0 Å². The highest BCUT2D eigenvalue weighted by Gasteiger charge is 2.07. The second kappa shape index (κ2) is 9.54. The number of rotatable bonds is 8. The van der Waals surface area contributed by atoms with E-state index < -0.39 is 0 Å². The van der Waals surface area contributed by atoms with E-state index in [-0.39, 0.29) is 6.03 Å². The van der Waals surface area contributed by atoms with Gasteiger partial charge in [0.2, 0.25) is 0 Å². The van der Waals surface area contributed by atoms with Crippen molar-refractivity contribution in [1.82, 2.24) is 25.1 Å². The SMILES string of the molecule is CCOc1ccc(NC(=O)NCCNc2cc(-n3nc(C)cc3C)ncn2)cc1. The summed E-state index contributed by atoms with van der Waals surface area (Å²) in [6.07, 6.45) is 1.49. The second-order valence-electron chi connectivity index (χ2n) is 6.37. The van der Waals surface area contributed by atoms with Crippen LogP contribution in [-0.2, 0) is 0 Å². The Morgan fingerprint density at radius 2 is 1.90 bits per heavy atom. The van der Waals surface area contributed by atoms with Crippen molar-refractivity contribution in [2.45, 2.75) is 20.8 Å². The van der Waals surface area contributed by atoms with Crippen molar-refractivity contribution in [3.63, 3.8) is 0 Å². The lowest BCUT2D eigenvalue weighted by atomic mass is 10.3. The van der Waals surface area contributed by atoms with Crippen molar-refractivity contribution in [2.75, 3.05) is 30.3 Å². The summed E-state index contributed by atoms with van der Waals surface area (Å²) in [5.74, 6) is 2.12. The Balaban J connectivity index is 1.45. The summed E-state index contributed by atoms with van der Waals surface area (Å²) in [4.78, 5) is 20.5. The van der Waals surface area contributed by atoms with Crippen LogP contribution in [-0.4, -0.2) is 45.5 Å². The molecule has 0 radical (unpaired) electrons. The van der Waals surface area contributed by atoms with E-state index in [0.717, 1.165) is 17.1 Å². The molecule has 2 amide bonds. The molecule has 9 heteroatoms. The topological polar surface area (TPSA) is 106 Å². The number of anilines is 2. The lowest BCUT2D eigenvalue weighted by Gasteiger charge is -2.10. The Kier molecular flexibility index (Phi) is 6.62. The molecule has 0 saturated heterocycles.